The molecular formula is C9H9N3O. The summed E-state index contributed by atoms with van der Waals surface area (Å²) in [5.41, 5.74) is 7.25. The molecule has 4 heteroatoms. The maximum atomic E-state index is 9.06. The first-order valence-corrected chi connectivity index (χ1v) is 3.86. The molecule has 2 aromatic rings. The first kappa shape index (κ1) is 7.67. The van der Waals surface area contributed by atoms with Crippen LogP contribution in [0.1, 0.15) is 0 Å². The molecule has 0 aliphatic carbocycles. The Balaban J connectivity index is 2.41. The number of aromatic hydroxyl groups is 1. The third kappa shape index (κ3) is 1.46. The van der Waals surface area contributed by atoms with Crippen molar-refractivity contribution in [3.05, 3.63) is 30.3 Å². The van der Waals surface area contributed by atoms with Gasteiger partial charge in [-0.2, -0.15) is 5.10 Å². The van der Waals surface area contributed by atoms with E-state index in [1.54, 1.807) is 30.3 Å². The van der Waals surface area contributed by atoms with Crippen LogP contribution in [0.3, 0.4) is 0 Å². The van der Waals surface area contributed by atoms with Gasteiger partial charge in [-0.1, -0.05) is 0 Å². The number of nitrogen functional groups attached to an aromatic ring is 1. The average Bonchev–Trinajstić information content (AvgIpc) is 2.53. The molecule has 0 unspecified atom stereocenters. The third-order valence-corrected chi connectivity index (χ3v) is 1.78. The lowest BCUT2D eigenvalue weighted by Crippen LogP contribution is -1.81. The van der Waals surface area contributed by atoms with Gasteiger partial charge in [0, 0.05) is 6.07 Å². The molecule has 1 aromatic heterocycles. The number of hydrogen-bond donors (Lipinski definition) is 3. The molecule has 0 fully saturated rings. The number of benzene rings is 1. The lowest BCUT2D eigenvalue weighted by molar-refractivity contribution is 0.475. The molecule has 4 nitrogen and oxygen atoms in total. The molecule has 13 heavy (non-hydrogen) atoms. The van der Waals surface area contributed by atoms with Crippen LogP contribution >= 0.6 is 0 Å². The summed E-state index contributed by atoms with van der Waals surface area (Å²) in [6.07, 6.45) is 0. The van der Waals surface area contributed by atoms with E-state index in [9.17, 15) is 0 Å². The first-order valence-electron chi connectivity index (χ1n) is 3.86. The summed E-state index contributed by atoms with van der Waals surface area (Å²) in [6.45, 7) is 0. The Hall–Kier alpha value is -1.97. The summed E-state index contributed by atoms with van der Waals surface area (Å²) < 4.78 is 0. The molecule has 0 atom stereocenters. The van der Waals surface area contributed by atoms with Crippen molar-refractivity contribution in [2.75, 3.05) is 5.73 Å². The zero-order valence-electron chi connectivity index (χ0n) is 6.86. The van der Waals surface area contributed by atoms with Crippen LogP contribution in [0.25, 0.3) is 11.3 Å². The second-order valence-electron chi connectivity index (χ2n) is 2.75. The van der Waals surface area contributed by atoms with Crippen LogP contribution in [-0.2, 0) is 0 Å². The lowest BCUT2D eigenvalue weighted by atomic mass is 10.1. The number of hydrogen-bond acceptors (Lipinski definition) is 3. The van der Waals surface area contributed by atoms with Crippen molar-refractivity contribution >= 4 is 5.82 Å². The number of anilines is 1. The van der Waals surface area contributed by atoms with Crippen molar-refractivity contribution in [2.24, 2.45) is 0 Å². The molecule has 0 amide bonds. The monoisotopic (exact) mass is 175 g/mol. The Morgan fingerprint density at radius 2 is 1.92 bits per heavy atom. The highest BCUT2D eigenvalue weighted by Crippen LogP contribution is 2.20. The predicted molar refractivity (Wildman–Crippen MR) is 50.1 cm³/mol. The van der Waals surface area contributed by atoms with Gasteiger partial charge in [0.15, 0.2) is 0 Å². The van der Waals surface area contributed by atoms with E-state index < -0.39 is 0 Å². The van der Waals surface area contributed by atoms with E-state index >= 15 is 0 Å². The number of phenolic OH excluding ortho intramolecular Hbond substituents is 1. The topological polar surface area (TPSA) is 74.9 Å². The Kier molecular flexibility index (Phi) is 1.66. The lowest BCUT2D eigenvalue weighted by Gasteiger charge is -1.96. The summed E-state index contributed by atoms with van der Waals surface area (Å²) in [4.78, 5) is 0. The minimum absolute atomic E-state index is 0.247. The predicted octanol–water partition coefficient (Wildman–Crippen LogP) is 1.36. The SMILES string of the molecule is Nc1cc(-c2ccc(O)cc2)[nH]n1. The zero-order valence-corrected chi connectivity index (χ0v) is 6.86. The number of phenols is 1. The molecule has 66 valence electrons. The van der Waals surface area contributed by atoms with Gasteiger partial charge in [-0.05, 0) is 29.8 Å². The van der Waals surface area contributed by atoms with Crippen LogP contribution < -0.4 is 5.73 Å². The average molecular weight is 175 g/mol. The van der Waals surface area contributed by atoms with Gasteiger partial charge in [-0.25, -0.2) is 0 Å². The van der Waals surface area contributed by atoms with Crippen molar-refractivity contribution in [3.8, 4) is 17.0 Å². The van der Waals surface area contributed by atoms with Crippen molar-refractivity contribution in [3.63, 3.8) is 0 Å². The molecule has 0 bridgehead atoms. The van der Waals surface area contributed by atoms with Gasteiger partial charge < -0.3 is 10.8 Å². The van der Waals surface area contributed by atoms with Crippen LogP contribution in [0.4, 0.5) is 5.82 Å². The number of nitrogens with one attached hydrogen (secondary N) is 1. The quantitative estimate of drug-likeness (QED) is 0.612. The molecule has 0 aliphatic rings. The molecule has 0 radical (unpaired) electrons. The van der Waals surface area contributed by atoms with Gasteiger partial charge in [0.05, 0.1) is 5.69 Å². The normalized spacial score (nSPS) is 10.2. The van der Waals surface area contributed by atoms with Crippen LogP contribution in [0.5, 0.6) is 5.75 Å². The smallest absolute Gasteiger partial charge is 0.145 e. The highest BCUT2D eigenvalue weighted by atomic mass is 16.3. The summed E-state index contributed by atoms with van der Waals surface area (Å²) in [5.74, 6) is 0.708. The molecule has 4 N–H and O–H groups in total. The largest absolute Gasteiger partial charge is 0.508 e. The van der Waals surface area contributed by atoms with E-state index in [2.05, 4.69) is 10.2 Å². The van der Waals surface area contributed by atoms with Crippen LogP contribution in [0.2, 0.25) is 0 Å². The summed E-state index contributed by atoms with van der Waals surface area (Å²) in [6, 6.07) is 8.57. The van der Waals surface area contributed by atoms with Gasteiger partial charge in [0.2, 0.25) is 0 Å². The number of aromatic nitrogens is 2. The maximum absolute atomic E-state index is 9.06. The minimum atomic E-state index is 0.247. The molecule has 1 aromatic carbocycles. The van der Waals surface area contributed by atoms with Crippen molar-refractivity contribution in [1.82, 2.24) is 10.2 Å². The molecule has 0 saturated carbocycles. The standard InChI is InChI=1S/C9H9N3O/c10-9-5-8(11-12-9)6-1-3-7(13)4-2-6/h1-5,13H,(H3,10,11,12). The van der Waals surface area contributed by atoms with Crippen LogP contribution in [-0.4, -0.2) is 15.3 Å². The van der Waals surface area contributed by atoms with Gasteiger partial charge in [-0.3, -0.25) is 5.10 Å². The Morgan fingerprint density at radius 1 is 1.23 bits per heavy atom. The fraction of sp³-hybridized carbons (Fsp3) is 0. The molecule has 0 saturated heterocycles. The van der Waals surface area contributed by atoms with Gasteiger partial charge in [-0.15, -0.1) is 0 Å². The second kappa shape index (κ2) is 2.82. The zero-order chi connectivity index (χ0) is 9.26. The first-order chi connectivity index (χ1) is 6.25. The number of nitrogens with zero attached hydrogens (tertiary/aromatic N) is 1. The Morgan fingerprint density at radius 3 is 2.46 bits per heavy atom. The van der Waals surface area contributed by atoms with E-state index in [4.69, 9.17) is 10.8 Å². The highest BCUT2D eigenvalue weighted by molar-refractivity contribution is 5.62. The van der Waals surface area contributed by atoms with E-state index in [1.807, 2.05) is 0 Å². The highest BCUT2D eigenvalue weighted by Gasteiger charge is 2.00. The van der Waals surface area contributed by atoms with Crippen molar-refractivity contribution < 1.29 is 5.11 Å². The fourth-order valence-corrected chi connectivity index (χ4v) is 1.13. The molecule has 2 rings (SSSR count). The maximum Gasteiger partial charge on any atom is 0.145 e. The van der Waals surface area contributed by atoms with Gasteiger partial charge in [0.25, 0.3) is 0 Å². The molecule has 1 heterocycles. The van der Waals surface area contributed by atoms with Crippen molar-refractivity contribution in [1.29, 1.82) is 0 Å². The molecule has 0 spiro atoms. The van der Waals surface area contributed by atoms with Crippen LogP contribution in [0, 0.1) is 0 Å². The van der Waals surface area contributed by atoms with E-state index in [-0.39, 0.29) is 5.75 Å². The van der Waals surface area contributed by atoms with Crippen molar-refractivity contribution in [2.45, 2.75) is 0 Å². The number of rotatable bonds is 1. The van der Waals surface area contributed by atoms with Crippen LogP contribution in [0.15, 0.2) is 30.3 Å². The summed E-state index contributed by atoms with van der Waals surface area (Å²) in [7, 11) is 0. The van der Waals surface area contributed by atoms with Gasteiger partial charge >= 0.3 is 0 Å². The summed E-state index contributed by atoms with van der Waals surface area (Å²) in [5, 5.41) is 15.6. The number of nitrogens with two attached hydrogens (primary N) is 1. The summed E-state index contributed by atoms with van der Waals surface area (Å²) >= 11 is 0. The van der Waals surface area contributed by atoms with Gasteiger partial charge in [0.1, 0.15) is 11.6 Å². The third-order valence-electron chi connectivity index (χ3n) is 1.78. The fourth-order valence-electron chi connectivity index (χ4n) is 1.13. The van der Waals surface area contributed by atoms with E-state index in [1.165, 1.54) is 0 Å². The molecule has 0 aliphatic heterocycles. The number of H-pyrrole nitrogens is 1. The minimum Gasteiger partial charge on any atom is -0.508 e. The van der Waals surface area contributed by atoms with E-state index in [0.29, 0.717) is 5.82 Å². The molecular weight excluding hydrogens is 166 g/mol. The Labute approximate surface area is 75.0 Å². The van der Waals surface area contributed by atoms with E-state index in [0.717, 1.165) is 11.3 Å². The second-order valence-corrected chi connectivity index (χ2v) is 2.75. The number of aromatic amines is 1. The Bertz CT molecular complexity index is 405.